The van der Waals surface area contributed by atoms with Crippen molar-refractivity contribution in [1.82, 2.24) is 0 Å². The summed E-state index contributed by atoms with van der Waals surface area (Å²) in [5.74, 6) is 0.452. The Hall–Kier alpha value is -1.30. The van der Waals surface area contributed by atoms with Gasteiger partial charge in [0.2, 0.25) is 0 Å². The highest BCUT2D eigenvalue weighted by Gasteiger charge is 2.07. The molecule has 5 nitrogen and oxygen atoms in total. The highest BCUT2D eigenvalue weighted by Crippen LogP contribution is 2.22. The molecular weight excluding hydrogens is 268 g/mol. The van der Waals surface area contributed by atoms with Crippen LogP contribution in [-0.2, 0) is 9.47 Å². The summed E-state index contributed by atoms with van der Waals surface area (Å²) in [6.07, 6.45) is 0.854. The van der Waals surface area contributed by atoms with Crippen molar-refractivity contribution in [3.05, 3.63) is 28.8 Å². The average Bonchev–Trinajstić information content (AvgIpc) is 2.37. The molecule has 0 amide bonds. The van der Waals surface area contributed by atoms with E-state index in [1.807, 2.05) is 0 Å². The molecule has 0 unspecified atom stereocenters. The number of rotatable bonds is 9. The first-order valence-corrected chi connectivity index (χ1v) is 6.36. The van der Waals surface area contributed by atoms with E-state index in [4.69, 9.17) is 37.0 Å². The van der Waals surface area contributed by atoms with Crippen LogP contribution in [0.25, 0.3) is 0 Å². The van der Waals surface area contributed by atoms with Gasteiger partial charge < -0.3 is 19.9 Å². The highest BCUT2D eigenvalue weighted by molar-refractivity contribution is 6.30. The van der Waals surface area contributed by atoms with Crippen LogP contribution in [0.2, 0.25) is 5.02 Å². The van der Waals surface area contributed by atoms with Crippen molar-refractivity contribution in [3.8, 4) is 5.75 Å². The lowest BCUT2D eigenvalue weighted by molar-refractivity contribution is 0.0806. The van der Waals surface area contributed by atoms with E-state index in [1.54, 1.807) is 25.3 Å². The Morgan fingerprint density at radius 2 is 2.05 bits per heavy atom. The summed E-state index contributed by atoms with van der Waals surface area (Å²) in [4.78, 5) is 0. The topological polar surface area (TPSA) is 77.6 Å². The summed E-state index contributed by atoms with van der Waals surface area (Å²) in [7, 11) is 1.66. The van der Waals surface area contributed by atoms with Crippen LogP contribution in [0.5, 0.6) is 5.75 Å². The molecule has 0 aliphatic heterocycles. The minimum atomic E-state index is -0.0484. The molecule has 1 aromatic carbocycles. The Morgan fingerprint density at radius 3 is 2.74 bits per heavy atom. The number of hydrogen-bond donors (Lipinski definition) is 2. The normalized spacial score (nSPS) is 10.4. The molecule has 6 heteroatoms. The molecule has 19 heavy (non-hydrogen) atoms. The van der Waals surface area contributed by atoms with Gasteiger partial charge in [0.25, 0.3) is 0 Å². The van der Waals surface area contributed by atoms with E-state index in [1.165, 1.54) is 0 Å². The van der Waals surface area contributed by atoms with E-state index < -0.39 is 0 Å². The van der Waals surface area contributed by atoms with Gasteiger partial charge in [0, 0.05) is 25.3 Å². The number of benzene rings is 1. The maximum absolute atomic E-state index is 7.45. The lowest BCUT2D eigenvalue weighted by Gasteiger charge is -2.11. The Balaban J connectivity index is 2.36. The predicted molar refractivity (Wildman–Crippen MR) is 75.3 cm³/mol. The van der Waals surface area contributed by atoms with Crippen LogP contribution in [0.15, 0.2) is 18.2 Å². The predicted octanol–water partition coefficient (Wildman–Crippen LogP) is 2.06. The van der Waals surface area contributed by atoms with Gasteiger partial charge in [-0.25, -0.2) is 0 Å². The van der Waals surface area contributed by atoms with Gasteiger partial charge in [0.05, 0.1) is 12.2 Å². The molecule has 3 N–H and O–H groups in total. The first-order chi connectivity index (χ1) is 9.15. The van der Waals surface area contributed by atoms with E-state index >= 15 is 0 Å². The molecule has 0 aliphatic carbocycles. The molecule has 0 atom stereocenters. The van der Waals surface area contributed by atoms with Gasteiger partial charge in [-0.2, -0.15) is 0 Å². The lowest BCUT2D eigenvalue weighted by atomic mass is 10.2. The summed E-state index contributed by atoms with van der Waals surface area (Å²) in [6, 6.07) is 4.98. The number of nitrogen functional groups attached to an aromatic ring is 1. The molecular formula is C13H19ClN2O3. The van der Waals surface area contributed by atoms with Gasteiger partial charge in [0.1, 0.15) is 18.2 Å². The quantitative estimate of drug-likeness (QED) is 0.414. The molecule has 0 spiro atoms. The van der Waals surface area contributed by atoms with Crippen LogP contribution >= 0.6 is 11.6 Å². The van der Waals surface area contributed by atoms with Crippen molar-refractivity contribution in [1.29, 1.82) is 5.41 Å². The minimum absolute atomic E-state index is 0.0484. The number of methoxy groups -OCH3 is 1. The Bertz CT molecular complexity index is 413. The third kappa shape index (κ3) is 5.92. The second kappa shape index (κ2) is 8.74. The fraction of sp³-hybridized carbons (Fsp3) is 0.462. The summed E-state index contributed by atoms with van der Waals surface area (Å²) in [6.45, 7) is 2.16. The van der Waals surface area contributed by atoms with Crippen LogP contribution in [0.3, 0.4) is 0 Å². The maximum Gasteiger partial charge on any atom is 0.131 e. The first kappa shape index (κ1) is 15.8. The molecule has 106 valence electrons. The lowest BCUT2D eigenvalue weighted by Crippen LogP contribution is -2.15. The van der Waals surface area contributed by atoms with Gasteiger partial charge >= 0.3 is 0 Å². The summed E-state index contributed by atoms with van der Waals surface area (Å²) in [5, 5.41) is 7.99. The zero-order valence-electron chi connectivity index (χ0n) is 10.9. The molecule has 0 saturated carbocycles. The monoisotopic (exact) mass is 286 g/mol. The number of ether oxygens (including phenoxy) is 3. The smallest absolute Gasteiger partial charge is 0.131 e. The van der Waals surface area contributed by atoms with E-state index in [0.717, 1.165) is 6.42 Å². The maximum atomic E-state index is 7.45. The van der Waals surface area contributed by atoms with E-state index in [0.29, 0.717) is 42.8 Å². The zero-order valence-corrected chi connectivity index (χ0v) is 11.7. The van der Waals surface area contributed by atoms with Gasteiger partial charge in [-0.15, -0.1) is 0 Å². The molecule has 0 aromatic heterocycles. The summed E-state index contributed by atoms with van der Waals surface area (Å²) >= 11 is 5.88. The molecule has 0 radical (unpaired) electrons. The van der Waals surface area contributed by atoms with Crippen molar-refractivity contribution >= 4 is 17.4 Å². The van der Waals surface area contributed by atoms with Crippen molar-refractivity contribution in [2.24, 2.45) is 5.73 Å². The zero-order chi connectivity index (χ0) is 14.1. The third-order valence-corrected chi connectivity index (χ3v) is 2.59. The number of nitrogens with one attached hydrogen (secondary N) is 1. The van der Waals surface area contributed by atoms with Crippen LogP contribution in [-0.4, -0.2) is 39.4 Å². The second-order valence-electron chi connectivity index (χ2n) is 3.86. The van der Waals surface area contributed by atoms with Crippen molar-refractivity contribution in [2.75, 3.05) is 33.5 Å². The molecule has 1 rings (SSSR count). The largest absolute Gasteiger partial charge is 0.490 e. The third-order valence-electron chi connectivity index (χ3n) is 2.36. The second-order valence-corrected chi connectivity index (χ2v) is 4.30. The van der Waals surface area contributed by atoms with E-state index in [-0.39, 0.29) is 5.84 Å². The van der Waals surface area contributed by atoms with Gasteiger partial charge in [-0.05, 0) is 24.6 Å². The van der Waals surface area contributed by atoms with Crippen molar-refractivity contribution < 1.29 is 14.2 Å². The molecule has 0 heterocycles. The standard InChI is InChI=1S/C13H19ClN2O3/c1-17-5-2-6-18-7-8-19-12-9-10(14)3-4-11(12)13(15)16/h3-4,9H,2,5-8H2,1H3,(H3,15,16). The Labute approximate surface area is 118 Å². The van der Waals surface area contributed by atoms with Crippen LogP contribution < -0.4 is 10.5 Å². The minimum Gasteiger partial charge on any atom is -0.490 e. The Morgan fingerprint density at radius 1 is 1.26 bits per heavy atom. The summed E-state index contributed by atoms with van der Waals surface area (Å²) < 4.78 is 15.8. The first-order valence-electron chi connectivity index (χ1n) is 5.98. The molecule has 0 aliphatic rings. The SMILES string of the molecule is COCCCOCCOc1cc(Cl)ccc1C(=N)N. The number of nitrogens with two attached hydrogens (primary N) is 1. The number of amidine groups is 1. The number of hydrogen-bond acceptors (Lipinski definition) is 4. The van der Waals surface area contributed by atoms with E-state index in [9.17, 15) is 0 Å². The van der Waals surface area contributed by atoms with Crippen molar-refractivity contribution in [3.63, 3.8) is 0 Å². The summed E-state index contributed by atoms with van der Waals surface area (Å²) in [5.41, 5.74) is 6.00. The molecule has 1 aromatic rings. The van der Waals surface area contributed by atoms with Gasteiger partial charge in [-0.1, -0.05) is 11.6 Å². The Kier molecular flexibility index (Phi) is 7.25. The van der Waals surface area contributed by atoms with Crippen LogP contribution in [0, 0.1) is 5.41 Å². The fourth-order valence-corrected chi connectivity index (χ4v) is 1.62. The van der Waals surface area contributed by atoms with E-state index in [2.05, 4.69) is 0 Å². The fourth-order valence-electron chi connectivity index (χ4n) is 1.46. The highest BCUT2D eigenvalue weighted by atomic mass is 35.5. The number of halogens is 1. The van der Waals surface area contributed by atoms with Gasteiger partial charge in [0.15, 0.2) is 0 Å². The van der Waals surface area contributed by atoms with Crippen LogP contribution in [0.4, 0.5) is 0 Å². The molecule has 0 bridgehead atoms. The van der Waals surface area contributed by atoms with Crippen LogP contribution in [0.1, 0.15) is 12.0 Å². The average molecular weight is 287 g/mol. The molecule has 0 fully saturated rings. The molecule has 0 saturated heterocycles. The van der Waals surface area contributed by atoms with Crippen molar-refractivity contribution in [2.45, 2.75) is 6.42 Å². The van der Waals surface area contributed by atoms with Gasteiger partial charge in [-0.3, -0.25) is 5.41 Å².